The zero-order valence-corrected chi connectivity index (χ0v) is 20.3. The van der Waals surface area contributed by atoms with E-state index in [-0.39, 0.29) is 6.09 Å². The van der Waals surface area contributed by atoms with Crippen molar-refractivity contribution in [3.8, 4) is 0 Å². The van der Waals surface area contributed by atoms with E-state index in [1.807, 2.05) is 45.0 Å². The molecule has 6 nitrogen and oxygen atoms in total. The van der Waals surface area contributed by atoms with Crippen LogP contribution in [0.15, 0.2) is 69.9 Å². The van der Waals surface area contributed by atoms with Crippen LogP contribution in [0.1, 0.15) is 51.2 Å². The van der Waals surface area contributed by atoms with Gasteiger partial charge in [0.1, 0.15) is 16.8 Å². The van der Waals surface area contributed by atoms with E-state index < -0.39 is 5.60 Å². The van der Waals surface area contributed by atoms with Crippen molar-refractivity contribution in [1.82, 2.24) is 10.2 Å². The van der Waals surface area contributed by atoms with Crippen molar-refractivity contribution in [3.05, 3.63) is 72.2 Å². The predicted molar refractivity (Wildman–Crippen MR) is 135 cm³/mol. The number of nitrogens with one attached hydrogen (secondary N) is 1. The first-order valence-electron chi connectivity index (χ1n) is 12.0. The molecule has 6 heteroatoms. The minimum Gasteiger partial charge on any atom is -0.464 e. The molecule has 4 aromatic rings. The third-order valence-electron chi connectivity index (χ3n) is 5.67. The summed E-state index contributed by atoms with van der Waals surface area (Å²) in [5.74, 6) is 0. The van der Waals surface area contributed by atoms with Gasteiger partial charge in [0.05, 0.1) is 12.5 Å². The molecule has 0 radical (unpaired) electrons. The lowest BCUT2D eigenvalue weighted by molar-refractivity contribution is 0.0527. The lowest BCUT2D eigenvalue weighted by atomic mass is 10.1. The summed E-state index contributed by atoms with van der Waals surface area (Å²) in [6, 6.07) is 16.8. The Hall–Kier alpha value is -3.25. The first kappa shape index (κ1) is 23.9. The topological polar surface area (TPSA) is 67.8 Å². The second kappa shape index (κ2) is 10.8. The van der Waals surface area contributed by atoms with E-state index in [0.29, 0.717) is 6.54 Å². The molecule has 2 aromatic carbocycles. The van der Waals surface area contributed by atoms with Crippen molar-refractivity contribution in [2.45, 2.75) is 58.7 Å². The zero-order chi connectivity index (χ0) is 24.0. The van der Waals surface area contributed by atoms with Crippen LogP contribution in [0.4, 0.5) is 4.79 Å². The average Bonchev–Trinajstić information content (AvgIpc) is 3.43. The van der Waals surface area contributed by atoms with E-state index in [1.54, 1.807) is 12.5 Å². The van der Waals surface area contributed by atoms with Gasteiger partial charge in [-0.05, 0) is 87.7 Å². The van der Waals surface area contributed by atoms with Crippen molar-refractivity contribution in [2.24, 2.45) is 0 Å². The standard InChI is InChI=1S/C28H34N2O4/c1-28(2,3)34-27(31)29-13-5-4-6-14-30(19-21-7-9-25-23(17-21)11-15-32-25)20-22-8-10-26-24(18-22)12-16-33-26/h7-12,15-18H,4-6,13-14,19-20H2,1-3H3,(H,29,31). The predicted octanol–water partition coefficient (Wildman–Crippen LogP) is 6.88. The van der Waals surface area contributed by atoms with Gasteiger partial charge in [-0.1, -0.05) is 18.6 Å². The Bertz CT molecular complexity index is 1140. The van der Waals surface area contributed by atoms with Gasteiger partial charge in [0.15, 0.2) is 0 Å². The third-order valence-corrected chi connectivity index (χ3v) is 5.67. The number of benzene rings is 2. The molecule has 1 N–H and O–H groups in total. The van der Waals surface area contributed by atoms with Crippen molar-refractivity contribution >= 4 is 28.0 Å². The molecule has 0 aliphatic heterocycles. The molecule has 4 rings (SSSR count). The van der Waals surface area contributed by atoms with Crippen LogP contribution in [0.5, 0.6) is 0 Å². The van der Waals surface area contributed by atoms with E-state index in [0.717, 1.165) is 60.8 Å². The molecule has 0 atom stereocenters. The van der Waals surface area contributed by atoms with Gasteiger partial charge in [0.25, 0.3) is 0 Å². The summed E-state index contributed by atoms with van der Waals surface area (Å²) in [7, 11) is 0. The Morgan fingerprint density at radius 1 is 0.853 bits per heavy atom. The maximum atomic E-state index is 11.8. The van der Waals surface area contributed by atoms with E-state index in [2.05, 4.69) is 34.5 Å². The molecule has 0 saturated heterocycles. The fourth-order valence-corrected chi connectivity index (χ4v) is 4.10. The molecule has 180 valence electrons. The zero-order valence-electron chi connectivity index (χ0n) is 20.3. The summed E-state index contributed by atoms with van der Waals surface area (Å²) in [6.07, 6.45) is 6.13. The van der Waals surface area contributed by atoms with Gasteiger partial charge in [-0.15, -0.1) is 0 Å². The number of hydrogen-bond donors (Lipinski definition) is 1. The van der Waals surface area contributed by atoms with E-state index >= 15 is 0 Å². The van der Waals surface area contributed by atoms with Crippen molar-refractivity contribution in [2.75, 3.05) is 13.1 Å². The van der Waals surface area contributed by atoms with Gasteiger partial charge in [-0.3, -0.25) is 4.90 Å². The minimum absolute atomic E-state index is 0.349. The second-order valence-corrected chi connectivity index (χ2v) is 9.79. The number of rotatable bonds is 10. The number of ether oxygens (including phenoxy) is 1. The quantitative estimate of drug-likeness (QED) is 0.260. The molecule has 2 aromatic heterocycles. The Morgan fingerprint density at radius 3 is 2.00 bits per heavy atom. The summed E-state index contributed by atoms with van der Waals surface area (Å²) in [5, 5.41) is 5.10. The van der Waals surface area contributed by atoms with Gasteiger partial charge in [0.2, 0.25) is 0 Å². The molecule has 0 fully saturated rings. The average molecular weight is 463 g/mol. The summed E-state index contributed by atoms with van der Waals surface area (Å²) < 4.78 is 16.3. The number of alkyl carbamates (subject to hydrolysis) is 1. The van der Waals surface area contributed by atoms with Crippen molar-refractivity contribution in [3.63, 3.8) is 0 Å². The van der Waals surface area contributed by atoms with Crippen LogP contribution >= 0.6 is 0 Å². The third kappa shape index (κ3) is 6.87. The molecule has 0 saturated carbocycles. The number of furan rings is 2. The molecule has 0 unspecified atom stereocenters. The number of carbonyl (C=O) groups is 1. The molecule has 1 amide bonds. The van der Waals surface area contributed by atoms with E-state index in [1.165, 1.54) is 11.1 Å². The molecule has 0 spiro atoms. The first-order valence-corrected chi connectivity index (χ1v) is 12.0. The normalized spacial score (nSPS) is 12.0. The summed E-state index contributed by atoms with van der Waals surface area (Å²) in [6.45, 7) is 8.94. The minimum atomic E-state index is -0.469. The van der Waals surface area contributed by atoms with Gasteiger partial charge in [-0.2, -0.15) is 0 Å². The number of fused-ring (bicyclic) bond motifs is 2. The Labute approximate surface area is 200 Å². The van der Waals surface area contributed by atoms with Crippen LogP contribution in [-0.4, -0.2) is 29.7 Å². The maximum absolute atomic E-state index is 11.8. The molecule has 0 aliphatic carbocycles. The van der Waals surface area contributed by atoms with E-state index in [4.69, 9.17) is 13.6 Å². The molecular weight excluding hydrogens is 428 g/mol. The Balaban J connectivity index is 1.32. The summed E-state index contributed by atoms with van der Waals surface area (Å²) in [5.41, 5.74) is 3.90. The van der Waals surface area contributed by atoms with Gasteiger partial charge < -0.3 is 18.9 Å². The first-order chi connectivity index (χ1) is 16.4. The number of carbonyl (C=O) groups excluding carboxylic acids is 1. The smallest absolute Gasteiger partial charge is 0.407 e. The second-order valence-electron chi connectivity index (χ2n) is 9.79. The highest BCUT2D eigenvalue weighted by atomic mass is 16.6. The van der Waals surface area contributed by atoms with Crippen LogP contribution in [0, 0.1) is 0 Å². The SMILES string of the molecule is CC(C)(C)OC(=O)NCCCCCN(Cc1ccc2occc2c1)Cc1ccc2occc2c1. The highest BCUT2D eigenvalue weighted by Crippen LogP contribution is 2.21. The highest BCUT2D eigenvalue weighted by Gasteiger charge is 2.15. The van der Waals surface area contributed by atoms with E-state index in [9.17, 15) is 4.79 Å². The van der Waals surface area contributed by atoms with Crippen LogP contribution in [-0.2, 0) is 17.8 Å². The molecule has 0 bridgehead atoms. The van der Waals surface area contributed by atoms with Gasteiger partial charge in [0, 0.05) is 30.4 Å². The fraction of sp³-hybridized carbons (Fsp3) is 0.393. The van der Waals surface area contributed by atoms with Gasteiger partial charge >= 0.3 is 6.09 Å². The lowest BCUT2D eigenvalue weighted by Gasteiger charge is -2.23. The monoisotopic (exact) mass is 462 g/mol. The van der Waals surface area contributed by atoms with Crippen molar-refractivity contribution in [1.29, 1.82) is 0 Å². The highest BCUT2D eigenvalue weighted by molar-refractivity contribution is 5.78. The van der Waals surface area contributed by atoms with Crippen molar-refractivity contribution < 1.29 is 18.4 Å². The molecule has 0 aliphatic rings. The summed E-state index contributed by atoms with van der Waals surface area (Å²) in [4.78, 5) is 14.3. The van der Waals surface area contributed by atoms with Crippen LogP contribution < -0.4 is 5.32 Å². The number of nitrogens with zero attached hydrogens (tertiary/aromatic N) is 1. The van der Waals surface area contributed by atoms with Gasteiger partial charge in [-0.25, -0.2) is 4.79 Å². The van der Waals surface area contributed by atoms with Crippen LogP contribution in [0.25, 0.3) is 21.9 Å². The largest absolute Gasteiger partial charge is 0.464 e. The summed E-state index contributed by atoms with van der Waals surface area (Å²) >= 11 is 0. The molecule has 2 heterocycles. The molecule has 34 heavy (non-hydrogen) atoms. The van der Waals surface area contributed by atoms with Crippen LogP contribution in [0.2, 0.25) is 0 Å². The fourth-order valence-electron chi connectivity index (χ4n) is 4.10. The maximum Gasteiger partial charge on any atom is 0.407 e. The number of hydrogen-bond acceptors (Lipinski definition) is 5. The lowest BCUT2D eigenvalue weighted by Crippen LogP contribution is -2.33. The van der Waals surface area contributed by atoms with Crippen LogP contribution in [0.3, 0.4) is 0 Å². The number of unbranched alkanes of at least 4 members (excludes halogenated alkanes) is 2. The number of amides is 1. The Morgan fingerprint density at radius 2 is 1.44 bits per heavy atom. The molecular formula is C28H34N2O4. The Kier molecular flexibility index (Phi) is 7.58.